The first-order valence-corrected chi connectivity index (χ1v) is 4.17. The molecule has 0 atom stereocenters. The molecule has 0 bridgehead atoms. The third-order valence-electron chi connectivity index (χ3n) is 1.70. The molecule has 0 radical (unpaired) electrons. The Morgan fingerprint density at radius 3 is 2.13 bits per heavy atom. The first-order chi connectivity index (χ1) is 7.04. The fourth-order valence-corrected chi connectivity index (χ4v) is 1.13. The first-order valence-electron chi connectivity index (χ1n) is 4.17. The van der Waals surface area contributed by atoms with E-state index in [9.17, 15) is 17.6 Å². The normalized spacial score (nSPS) is 10.8. The van der Waals surface area contributed by atoms with Crippen LogP contribution in [0, 0.1) is 11.6 Å². The summed E-state index contributed by atoms with van der Waals surface area (Å²) in [5.74, 6) is -3.37. The number of ether oxygens (including phenoxy) is 1. The Morgan fingerprint density at radius 1 is 1.20 bits per heavy atom. The monoisotopic (exact) mass is 223 g/mol. The molecule has 84 valence electrons. The van der Waals surface area contributed by atoms with Crippen LogP contribution in [0.2, 0.25) is 0 Å². The summed E-state index contributed by atoms with van der Waals surface area (Å²) >= 11 is 0. The van der Waals surface area contributed by atoms with Crippen molar-refractivity contribution in [1.82, 2.24) is 0 Å². The van der Waals surface area contributed by atoms with Gasteiger partial charge in [-0.2, -0.15) is 8.78 Å². The van der Waals surface area contributed by atoms with Gasteiger partial charge in [-0.15, -0.1) is 0 Å². The maximum Gasteiger partial charge on any atom is 0.387 e. The minimum absolute atomic E-state index is 0.216. The van der Waals surface area contributed by atoms with E-state index in [-0.39, 0.29) is 13.0 Å². The van der Waals surface area contributed by atoms with Gasteiger partial charge in [-0.25, -0.2) is 8.78 Å². The van der Waals surface area contributed by atoms with E-state index in [0.717, 1.165) is 12.1 Å². The molecule has 2 nitrogen and oxygen atoms in total. The van der Waals surface area contributed by atoms with E-state index >= 15 is 0 Å². The summed E-state index contributed by atoms with van der Waals surface area (Å²) in [7, 11) is 0. The highest BCUT2D eigenvalue weighted by Crippen LogP contribution is 2.25. The molecular weight excluding hydrogens is 214 g/mol. The molecule has 1 aromatic carbocycles. The largest absolute Gasteiger partial charge is 0.429 e. The third-order valence-corrected chi connectivity index (χ3v) is 1.70. The highest BCUT2D eigenvalue weighted by atomic mass is 19.3. The number of nitrogens with two attached hydrogens (primary N) is 1. The van der Waals surface area contributed by atoms with Gasteiger partial charge in [0.05, 0.1) is 0 Å². The number of benzene rings is 1. The van der Waals surface area contributed by atoms with Crippen LogP contribution in [0.3, 0.4) is 0 Å². The summed E-state index contributed by atoms with van der Waals surface area (Å²) < 4.78 is 53.3. The SMILES string of the molecule is NCCc1cc(F)c(OC(F)F)c(F)c1. The minimum atomic E-state index is -3.26. The van der Waals surface area contributed by atoms with E-state index in [4.69, 9.17) is 5.73 Å². The van der Waals surface area contributed by atoms with Crippen molar-refractivity contribution < 1.29 is 22.3 Å². The van der Waals surface area contributed by atoms with Gasteiger partial charge in [0, 0.05) is 0 Å². The van der Waals surface area contributed by atoms with Crippen molar-refractivity contribution in [3.8, 4) is 5.75 Å². The zero-order valence-corrected chi connectivity index (χ0v) is 7.64. The quantitative estimate of drug-likeness (QED) is 0.793. The van der Waals surface area contributed by atoms with Crippen molar-refractivity contribution in [2.75, 3.05) is 6.54 Å². The fourth-order valence-electron chi connectivity index (χ4n) is 1.13. The molecule has 0 amide bonds. The minimum Gasteiger partial charge on any atom is -0.429 e. The maximum absolute atomic E-state index is 13.1. The summed E-state index contributed by atoms with van der Waals surface area (Å²) in [6, 6.07) is 1.85. The lowest BCUT2D eigenvalue weighted by Gasteiger charge is -2.08. The predicted molar refractivity (Wildman–Crippen MR) is 45.7 cm³/mol. The van der Waals surface area contributed by atoms with Gasteiger partial charge in [0.2, 0.25) is 0 Å². The first kappa shape index (κ1) is 11.8. The lowest BCUT2D eigenvalue weighted by Crippen LogP contribution is -2.08. The van der Waals surface area contributed by atoms with Gasteiger partial charge in [-0.05, 0) is 30.7 Å². The maximum atomic E-state index is 13.1. The van der Waals surface area contributed by atoms with Crippen LogP contribution in [-0.2, 0) is 6.42 Å². The Bertz CT molecular complexity index is 320. The van der Waals surface area contributed by atoms with E-state index in [1.807, 2.05) is 0 Å². The van der Waals surface area contributed by atoms with Crippen LogP contribution < -0.4 is 10.5 Å². The van der Waals surface area contributed by atoms with Crippen LogP contribution in [0.25, 0.3) is 0 Å². The zero-order valence-electron chi connectivity index (χ0n) is 7.64. The van der Waals surface area contributed by atoms with Gasteiger partial charge in [0.25, 0.3) is 0 Å². The van der Waals surface area contributed by atoms with Crippen molar-refractivity contribution in [1.29, 1.82) is 0 Å². The molecule has 0 saturated heterocycles. The number of halogens is 4. The molecule has 0 aliphatic rings. The van der Waals surface area contributed by atoms with Gasteiger partial charge in [0.15, 0.2) is 17.4 Å². The molecule has 0 aliphatic carbocycles. The van der Waals surface area contributed by atoms with E-state index in [0.29, 0.717) is 5.56 Å². The highest BCUT2D eigenvalue weighted by Gasteiger charge is 2.16. The highest BCUT2D eigenvalue weighted by molar-refractivity contribution is 5.31. The van der Waals surface area contributed by atoms with Crippen molar-refractivity contribution in [3.63, 3.8) is 0 Å². The van der Waals surface area contributed by atoms with Crippen LogP contribution >= 0.6 is 0 Å². The second kappa shape index (κ2) is 4.97. The van der Waals surface area contributed by atoms with E-state index < -0.39 is 24.0 Å². The van der Waals surface area contributed by atoms with Crippen molar-refractivity contribution in [2.24, 2.45) is 5.73 Å². The lowest BCUT2D eigenvalue weighted by atomic mass is 10.1. The van der Waals surface area contributed by atoms with Crippen LogP contribution in [0.4, 0.5) is 17.6 Å². The molecule has 2 N–H and O–H groups in total. The van der Waals surface area contributed by atoms with E-state index in [2.05, 4.69) is 4.74 Å². The molecule has 0 aliphatic heterocycles. The Morgan fingerprint density at radius 2 is 1.73 bits per heavy atom. The predicted octanol–water partition coefficient (Wildman–Crippen LogP) is 2.07. The molecule has 0 aromatic heterocycles. The molecule has 0 fully saturated rings. The van der Waals surface area contributed by atoms with Crippen molar-refractivity contribution in [3.05, 3.63) is 29.3 Å². The van der Waals surface area contributed by atoms with Crippen LogP contribution in [0.5, 0.6) is 5.75 Å². The molecule has 0 heterocycles. The number of hydrogen-bond acceptors (Lipinski definition) is 2. The zero-order chi connectivity index (χ0) is 11.4. The fraction of sp³-hybridized carbons (Fsp3) is 0.333. The summed E-state index contributed by atoms with van der Waals surface area (Å²) in [6.45, 7) is -3.04. The standard InChI is InChI=1S/C9H9F4NO/c10-6-3-5(1-2-14)4-7(11)8(6)15-9(12)13/h3-4,9H,1-2,14H2. The van der Waals surface area contributed by atoms with Gasteiger partial charge in [-0.3, -0.25) is 0 Å². The summed E-state index contributed by atoms with van der Waals surface area (Å²) in [6.07, 6.45) is 0.267. The second-order valence-corrected chi connectivity index (χ2v) is 2.81. The number of hydrogen-bond donors (Lipinski definition) is 1. The summed E-state index contributed by atoms with van der Waals surface area (Å²) in [5.41, 5.74) is 5.48. The Hall–Kier alpha value is -1.30. The Kier molecular flexibility index (Phi) is 3.90. The topological polar surface area (TPSA) is 35.2 Å². The molecule has 1 aromatic rings. The molecule has 0 unspecified atom stereocenters. The van der Waals surface area contributed by atoms with E-state index in [1.54, 1.807) is 0 Å². The number of alkyl halides is 2. The average molecular weight is 223 g/mol. The molecule has 1 rings (SSSR count). The van der Waals surface area contributed by atoms with E-state index in [1.165, 1.54) is 0 Å². The Balaban J connectivity index is 2.98. The second-order valence-electron chi connectivity index (χ2n) is 2.81. The molecule has 6 heteroatoms. The van der Waals surface area contributed by atoms with Gasteiger partial charge < -0.3 is 10.5 Å². The molecular formula is C9H9F4NO. The van der Waals surface area contributed by atoms with Crippen LogP contribution in [0.1, 0.15) is 5.56 Å². The van der Waals surface area contributed by atoms with Gasteiger partial charge in [0.1, 0.15) is 0 Å². The Labute approximate surface area is 83.6 Å². The third kappa shape index (κ3) is 3.09. The summed E-state index contributed by atoms with van der Waals surface area (Å²) in [4.78, 5) is 0. The van der Waals surface area contributed by atoms with Crippen LogP contribution in [0.15, 0.2) is 12.1 Å². The summed E-state index contributed by atoms with van der Waals surface area (Å²) in [5, 5.41) is 0. The lowest BCUT2D eigenvalue weighted by molar-refractivity contribution is -0.0546. The smallest absolute Gasteiger partial charge is 0.387 e. The molecule has 0 spiro atoms. The van der Waals surface area contributed by atoms with Crippen molar-refractivity contribution in [2.45, 2.75) is 13.0 Å². The molecule has 0 saturated carbocycles. The average Bonchev–Trinajstić information content (AvgIpc) is 2.11. The van der Waals surface area contributed by atoms with Gasteiger partial charge >= 0.3 is 6.61 Å². The number of rotatable bonds is 4. The molecule has 15 heavy (non-hydrogen) atoms. The van der Waals surface area contributed by atoms with Crippen molar-refractivity contribution >= 4 is 0 Å². The van der Waals surface area contributed by atoms with Crippen LogP contribution in [-0.4, -0.2) is 13.2 Å². The van der Waals surface area contributed by atoms with Gasteiger partial charge in [-0.1, -0.05) is 0 Å².